The number of carbonyl (C=O) groups excluding carboxylic acids is 1. The molecule has 82 valence electrons. The zero-order valence-corrected chi connectivity index (χ0v) is 10.2. The third-order valence-electron chi connectivity index (χ3n) is 2.03. The van der Waals surface area contributed by atoms with Crippen molar-refractivity contribution in [2.75, 3.05) is 6.61 Å². The molecule has 0 aliphatic rings. The molecule has 1 rings (SSSR count). The Morgan fingerprint density at radius 3 is 2.73 bits per heavy atom. The lowest BCUT2D eigenvalue weighted by molar-refractivity contribution is 0.0525. The molecule has 2 nitrogen and oxygen atoms in total. The Morgan fingerprint density at radius 2 is 2.20 bits per heavy atom. The summed E-state index contributed by atoms with van der Waals surface area (Å²) in [5.74, 6) is -0.713. The SMILES string of the molecule is CCOC(=O)c1cc(CBr)c(F)cc1C. The molecule has 0 saturated carbocycles. The lowest BCUT2D eigenvalue weighted by atomic mass is 10.1. The van der Waals surface area contributed by atoms with E-state index in [0.29, 0.717) is 28.6 Å². The van der Waals surface area contributed by atoms with E-state index in [9.17, 15) is 9.18 Å². The highest BCUT2D eigenvalue weighted by molar-refractivity contribution is 9.08. The molecule has 0 radical (unpaired) electrons. The van der Waals surface area contributed by atoms with E-state index >= 15 is 0 Å². The van der Waals surface area contributed by atoms with Gasteiger partial charge in [0.1, 0.15) is 5.82 Å². The first-order valence-corrected chi connectivity index (χ1v) is 5.74. The standard InChI is InChI=1S/C11H12BrFO2/c1-3-15-11(14)9-5-8(6-12)10(13)4-7(9)2/h4-5H,3,6H2,1-2H3. The van der Waals surface area contributed by atoms with Gasteiger partial charge in [0.2, 0.25) is 0 Å². The van der Waals surface area contributed by atoms with E-state index < -0.39 is 5.97 Å². The van der Waals surface area contributed by atoms with Gasteiger partial charge in [0.25, 0.3) is 0 Å². The van der Waals surface area contributed by atoms with E-state index in [1.54, 1.807) is 13.8 Å². The average Bonchev–Trinajstić information content (AvgIpc) is 2.18. The van der Waals surface area contributed by atoms with Crippen LogP contribution in [0.3, 0.4) is 0 Å². The molecule has 0 aromatic heterocycles. The summed E-state index contributed by atoms with van der Waals surface area (Å²) in [6, 6.07) is 2.88. The molecular weight excluding hydrogens is 263 g/mol. The van der Waals surface area contributed by atoms with Crippen LogP contribution in [0.15, 0.2) is 12.1 Å². The number of aryl methyl sites for hydroxylation is 1. The van der Waals surface area contributed by atoms with Crippen LogP contribution < -0.4 is 0 Å². The quantitative estimate of drug-likeness (QED) is 0.625. The maximum atomic E-state index is 13.3. The fourth-order valence-corrected chi connectivity index (χ4v) is 1.68. The number of halogens is 2. The van der Waals surface area contributed by atoms with Gasteiger partial charge in [-0.1, -0.05) is 15.9 Å². The first-order chi connectivity index (χ1) is 7.10. The number of ether oxygens (including phenoxy) is 1. The van der Waals surface area contributed by atoms with Gasteiger partial charge >= 0.3 is 5.97 Å². The number of rotatable bonds is 3. The smallest absolute Gasteiger partial charge is 0.338 e. The normalized spacial score (nSPS) is 10.1. The van der Waals surface area contributed by atoms with Gasteiger partial charge in [0.05, 0.1) is 12.2 Å². The summed E-state index contributed by atoms with van der Waals surface area (Å²) in [6.45, 7) is 3.74. The van der Waals surface area contributed by atoms with Crippen LogP contribution in [0.5, 0.6) is 0 Å². The lowest BCUT2D eigenvalue weighted by Crippen LogP contribution is -2.08. The highest BCUT2D eigenvalue weighted by Gasteiger charge is 2.13. The molecule has 1 aromatic rings. The zero-order chi connectivity index (χ0) is 11.4. The first-order valence-electron chi connectivity index (χ1n) is 4.62. The Bertz CT molecular complexity index is 377. The number of esters is 1. The van der Waals surface area contributed by atoms with E-state index in [2.05, 4.69) is 15.9 Å². The third kappa shape index (κ3) is 2.78. The van der Waals surface area contributed by atoms with Crippen molar-refractivity contribution < 1.29 is 13.9 Å². The minimum atomic E-state index is -0.405. The van der Waals surface area contributed by atoms with Crippen LogP contribution >= 0.6 is 15.9 Å². The van der Waals surface area contributed by atoms with Gasteiger partial charge in [-0.15, -0.1) is 0 Å². The molecule has 0 amide bonds. The number of carbonyl (C=O) groups is 1. The van der Waals surface area contributed by atoms with Gasteiger partial charge in [-0.25, -0.2) is 9.18 Å². The van der Waals surface area contributed by atoms with E-state index in [4.69, 9.17) is 4.74 Å². The Hall–Kier alpha value is -0.900. The van der Waals surface area contributed by atoms with Crippen LogP contribution in [0.2, 0.25) is 0 Å². The maximum absolute atomic E-state index is 13.3. The summed E-state index contributed by atoms with van der Waals surface area (Å²) in [7, 11) is 0. The highest BCUT2D eigenvalue weighted by atomic mass is 79.9. The molecular formula is C11H12BrFO2. The summed E-state index contributed by atoms with van der Waals surface area (Å²) >= 11 is 3.16. The third-order valence-corrected chi connectivity index (χ3v) is 2.64. The summed E-state index contributed by atoms with van der Waals surface area (Å²) in [5, 5.41) is 0.380. The molecule has 0 saturated heterocycles. The van der Waals surface area contributed by atoms with Gasteiger partial charge in [-0.3, -0.25) is 0 Å². The predicted molar refractivity (Wildman–Crippen MR) is 59.7 cm³/mol. The zero-order valence-electron chi connectivity index (χ0n) is 8.64. The second kappa shape index (κ2) is 5.26. The van der Waals surface area contributed by atoms with E-state index in [0.717, 1.165) is 0 Å². The van der Waals surface area contributed by atoms with Crippen molar-refractivity contribution in [1.29, 1.82) is 0 Å². The van der Waals surface area contributed by atoms with Crippen molar-refractivity contribution in [2.24, 2.45) is 0 Å². The summed E-state index contributed by atoms with van der Waals surface area (Å²) in [6.07, 6.45) is 0. The second-order valence-electron chi connectivity index (χ2n) is 3.11. The summed E-state index contributed by atoms with van der Waals surface area (Å²) in [5.41, 5.74) is 1.48. The number of hydrogen-bond acceptors (Lipinski definition) is 2. The van der Waals surface area contributed by atoms with Gasteiger partial charge in [0, 0.05) is 5.33 Å². The molecule has 0 heterocycles. The number of benzene rings is 1. The molecule has 0 aliphatic carbocycles. The Morgan fingerprint density at radius 1 is 1.53 bits per heavy atom. The van der Waals surface area contributed by atoms with Gasteiger partial charge in [-0.2, -0.15) is 0 Å². The van der Waals surface area contributed by atoms with Crippen LogP contribution in [0, 0.1) is 12.7 Å². The average molecular weight is 275 g/mol. The molecule has 1 aromatic carbocycles. The molecule has 0 atom stereocenters. The Labute approximate surface area is 96.6 Å². The predicted octanol–water partition coefficient (Wildman–Crippen LogP) is 3.21. The molecule has 4 heteroatoms. The molecule has 15 heavy (non-hydrogen) atoms. The highest BCUT2D eigenvalue weighted by Crippen LogP contribution is 2.18. The second-order valence-corrected chi connectivity index (χ2v) is 3.67. The summed E-state index contributed by atoms with van der Waals surface area (Å²) < 4.78 is 18.2. The Balaban J connectivity index is 3.12. The van der Waals surface area contributed by atoms with Gasteiger partial charge in [0.15, 0.2) is 0 Å². The van der Waals surface area contributed by atoms with Crippen LogP contribution in [-0.4, -0.2) is 12.6 Å². The van der Waals surface area contributed by atoms with Crippen LogP contribution in [0.4, 0.5) is 4.39 Å². The van der Waals surface area contributed by atoms with Crippen LogP contribution in [0.1, 0.15) is 28.4 Å². The van der Waals surface area contributed by atoms with Gasteiger partial charge < -0.3 is 4.74 Å². The van der Waals surface area contributed by atoms with Crippen molar-refractivity contribution in [3.63, 3.8) is 0 Å². The molecule has 0 aliphatic heterocycles. The molecule has 0 bridgehead atoms. The maximum Gasteiger partial charge on any atom is 0.338 e. The minimum Gasteiger partial charge on any atom is -0.462 e. The molecule has 0 spiro atoms. The van der Waals surface area contributed by atoms with Crippen molar-refractivity contribution in [3.05, 3.63) is 34.6 Å². The van der Waals surface area contributed by atoms with E-state index in [1.165, 1.54) is 12.1 Å². The fraction of sp³-hybridized carbons (Fsp3) is 0.364. The van der Waals surface area contributed by atoms with Gasteiger partial charge in [-0.05, 0) is 37.1 Å². The largest absolute Gasteiger partial charge is 0.462 e. The van der Waals surface area contributed by atoms with Crippen molar-refractivity contribution in [1.82, 2.24) is 0 Å². The van der Waals surface area contributed by atoms with Crippen molar-refractivity contribution in [2.45, 2.75) is 19.2 Å². The number of alkyl halides is 1. The monoisotopic (exact) mass is 274 g/mol. The topological polar surface area (TPSA) is 26.3 Å². The minimum absolute atomic E-state index is 0.308. The molecule has 0 N–H and O–H groups in total. The first kappa shape index (κ1) is 12.2. The Kier molecular flexibility index (Phi) is 4.27. The number of hydrogen-bond donors (Lipinski definition) is 0. The van der Waals surface area contributed by atoms with Crippen LogP contribution in [-0.2, 0) is 10.1 Å². The molecule has 0 unspecified atom stereocenters. The lowest BCUT2D eigenvalue weighted by Gasteiger charge is -2.07. The van der Waals surface area contributed by atoms with E-state index in [1.807, 2.05) is 0 Å². The fourth-order valence-electron chi connectivity index (χ4n) is 1.25. The van der Waals surface area contributed by atoms with E-state index in [-0.39, 0.29) is 5.82 Å². The van der Waals surface area contributed by atoms with Crippen molar-refractivity contribution >= 4 is 21.9 Å². The molecule has 0 fully saturated rings. The van der Waals surface area contributed by atoms with Crippen LogP contribution in [0.25, 0.3) is 0 Å². The summed E-state index contributed by atoms with van der Waals surface area (Å²) in [4.78, 5) is 11.5. The van der Waals surface area contributed by atoms with Crippen molar-refractivity contribution in [3.8, 4) is 0 Å².